The van der Waals surface area contributed by atoms with E-state index in [2.05, 4.69) is 48.6 Å². The number of rotatable bonds is 4. The highest BCUT2D eigenvalue weighted by atomic mass is 16.5. The molecule has 4 rings (SSSR count). The summed E-state index contributed by atoms with van der Waals surface area (Å²) in [6, 6.07) is 26.5. The molecule has 0 spiro atoms. The van der Waals surface area contributed by atoms with Crippen molar-refractivity contribution < 1.29 is 9.15 Å². The van der Waals surface area contributed by atoms with Crippen molar-refractivity contribution in [3.8, 4) is 17.1 Å². The molecule has 0 fully saturated rings. The Morgan fingerprint density at radius 2 is 1.48 bits per heavy atom. The van der Waals surface area contributed by atoms with Gasteiger partial charge in [0.1, 0.15) is 17.1 Å². The Bertz CT molecular complexity index is 1010. The summed E-state index contributed by atoms with van der Waals surface area (Å²) in [4.78, 5) is 0. The van der Waals surface area contributed by atoms with Crippen molar-refractivity contribution in [3.63, 3.8) is 0 Å². The minimum atomic E-state index is 0.864. The zero-order valence-corrected chi connectivity index (χ0v) is 14.0. The van der Waals surface area contributed by atoms with E-state index in [0.29, 0.717) is 0 Å². The van der Waals surface area contributed by atoms with E-state index in [-0.39, 0.29) is 0 Å². The van der Waals surface area contributed by atoms with E-state index in [1.807, 2.05) is 42.5 Å². The van der Waals surface area contributed by atoms with Crippen LogP contribution in [0.2, 0.25) is 0 Å². The van der Waals surface area contributed by atoms with Crippen molar-refractivity contribution in [1.82, 2.24) is 0 Å². The molecule has 0 aliphatic carbocycles. The lowest BCUT2D eigenvalue weighted by molar-refractivity contribution is 0.415. The number of fused-ring (bicyclic) bond motifs is 1. The first-order valence-corrected chi connectivity index (χ1v) is 8.23. The maximum atomic E-state index is 6.03. The van der Waals surface area contributed by atoms with Gasteiger partial charge >= 0.3 is 0 Å². The molecule has 25 heavy (non-hydrogen) atoms. The van der Waals surface area contributed by atoms with Crippen LogP contribution < -0.4 is 4.74 Å². The summed E-state index contributed by atoms with van der Waals surface area (Å²) >= 11 is 0. The highest BCUT2D eigenvalue weighted by Crippen LogP contribution is 2.28. The second-order valence-corrected chi connectivity index (χ2v) is 5.88. The molecule has 1 aromatic heterocycles. The van der Waals surface area contributed by atoms with Crippen molar-refractivity contribution in [2.75, 3.05) is 7.11 Å². The molecular formula is C23H18O2. The number of furan rings is 1. The normalized spacial score (nSPS) is 11.2. The molecule has 0 unspecified atom stereocenters. The first kappa shape index (κ1) is 15.3. The first-order valence-electron chi connectivity index (χ1n) is 8.23. The molecule has 0 saturated heterocycles. The van der Waals surface area contributed by atoms with E-state index >= 15 is 0 Å². The lowest BCUT2D eigenvalue weighted by Gasteiger charge is -1.99. The second kappa shape index (κ2) is 6.70. The number of hydrogen-bond donors (Lipinski definition) is 0. The molecule has 0 aliphatic heterocycles. The quantitative estimate of drug-likeness (QED) is 0.412. The Balaban J connectivity index is 1.61. The summed E-state index contributed by atoms with van der Waals surface area (Å²) in [5.74, 6) is 1.76. The van der Waals surface area contributed by atoms with Gasteiger partial charge in [-0.15, -0.1) is 0 Å². The van der Waals surface area contributed by atoms with Crippen LogP contribution in [0.4, 0.5) is 0 Å². The van der Waals surface area contributed by atoms with Gasteiger partial charge in [-0.2, -0.15) is 0 Å². The van der Waals surface area contributed by atoms with Gasteiger partial charge in [-0.05, 0) is 35.4 Å². The monoisotopic (exact) mass is 326 g/mol. The van der Waals surface area contributed by atoms with E-state index in [1.165, 1.54) is 0 Å². The molecule has 2 nitrogen and oxygen atoms in total. The van der Waals surface area contributed by atoms with E-state index in [0.717, 1.165) is 39.2 Å². The molecule has 0 amide bonds. The Kier molecular flexibility index (Phi) is 4.09. The fourth-order valence-corrected chi connectivity index (χ4v) is 2.80. The van der Waals surface area contributed by atoms with Gasteiger partial charge in [0.2, 0.25) is 0 Å². The van der Waals surface area contributed by atoms with Crippen molar-refractivity contribution >= 4 is 23.1 Å². The number of benzene rings is 3. The summed E-state index contributed by atoms with van der Waals surface area (Å²) in [7, 11) is 1.67. The molecule has 0 N–H and O–H groups in total. The molecule has 2 heteroatoms. The number of ether oxygens (including phenoxy) is 1. The molecule has 0 aliphatic rings. The lowest BCUT2D eigenvalue weighted by Crippen LogP contribution is -1.81. The molecule has 0 atom stereocenters. The van der Waals surface area contributed by atoms with Gasteiger partial charge in [0.05, 0.1) is 7.11 Å². The van der Waals surface area contributed by atoms with Gasteiger partial charge in [0, 0.05) is 10.9 Å². The van der Waals surface area contributed by atoms with Crippen LogP contribution in [0.3, 0.4) is 0 Å². The SMILES string of the molecule is COc1ccc(C=Cc2ccc3cc(-c4ccccc4)oc3c2)cc1. The van der Waals surface area contributed by atoms with E-state index in [9.17, 15) is 0 Å². The molecule has 0 bridgehead atoms. The fraction of sp³-hybridized carbons (Fsp3) is 0.0435. The van der Waals surface area contributed by atoms with Gasteiger partial charge in [0.25, 0.3) is 0 Å². The van der Waals surface area contributed by atoms with Gasteiger partial charge in [0.15, 0.2) is 0 Å². The average Bonchev–Trinajstić information content (AvgIpc) is 3.11. The second-order valence-electron chi connectivity index (χ2n) is 5.88. The Morgan fingerprint density at radius 3 is 2.24 bits per heavy atom. The molecule has 4 aromatic rings. The Hall–Kier alpha value is -3.26. The van der Waals surface area contributed by atoms with Crippen LogP contribution in [0.1, 0.15) is 11.1 Å². The summed E-state index contributed by atoms with van der Waals surface area (Å²) < 4.78 is 11.2. The fourth-order valence-electron chi connectivity index (χ4n) is 2.80. The summed E-state index contributed by atoms with van der Waals surface area (Å²) in [6.07, 6.45) is 4.17. The van der Waals surface area contributed by atoms with E-state index in [4.69, 9.17) is 9.15 Å². The predicted molar refractivity (Wildman–Crippen MR) is 104 cm³/mol. The zero-order chi connectivity index (χ0) is 17.1. The molecule has 3 aromatic carbocycles. The molecule has 0 radical (unpaired) electrons. The topological polar surface area (TPSA) is 22.4 Å². The first-order chi connectivity index (χ1) is 12.3. The van der Waals surface area contributed by atoms with E-state index in [1.54, 1.807) is 7.11 Å². The largest absolute Gasteiger partial charge is 0.497 e. The smallest absolute Gasteiger partial charge is 0.135 e. The van der Waals surface area contributed by atoms with Crippen LogP contribution in [0.25, 0.3) is 34.4 Å². The van der Waals surface area contributed by atoms with Crippen molar-refractivity contribution in [2.24, 2.45) is 0 Å². The third-order valence-corrected chi connectivity index (χ3v) is 4.19. The lowest BCUT2D eigenvalue weighted by atomic mass is 10.1. The standard InChI is InChI=1S/C23H18O2/c1-24-21-13-10-17(11-14-21)7-8-18-9-12-20-16-23(25-22(20)15-18)19-5-3-2-4-6-19/h2-16H,1H3. The van der Waals surface area contributed by atoms with Gasteiger partial charge in [-0.1, -0.05) is 66.7 Å². The Morgan fingerprint density at radius 1 is 0.760 bits per heavy atom. The van der Waals surface area contributed by atoms with Crippen molar-refractivity contribution in [1.29, 1.82) is 0 Å². The van der Waals surface area contributed by atoms with Crippen LogP contribution in [0, 0.1) is 0 Å². The molecule has 1 heterocycles. The molecule has 122 valence electrons. The highest BCUT2D eigenvalue weighted by Gasteiger charge is 2.05. The zero-order valence-electron chi connectivity index (χ0n) is 14.0. The van der Waals surface area contributed by atoms with Crippen LogP contribution in [-0.4, -0.2) is 7.11 Å². The third kappa shape index (κ3) is 3.33. The van der Waals surface area contributed by atoms with Gasteiger partial charge < -0.3 is 9.15 Å². The van der Waals surface area contributed by atoms with Crippen LogP contribution in [0.5, 0.6) is 5.75 Å². The minimum absolute atomic E-state index is 0.864. The number of hydrogen-bond acceptors (Lipinski definition) is 2. The maximum absolute atomic E-state index is 6.03. The average molecular weight is 326 g/mol. The highest BCUT2D eigenvalue weighted by molar-refractivity contribution is 5.85. The number of methoxy groups -OCH3 is 1. The summed E-state index contributed by atoms with van der Waals surface area (Å²) in [5, 5.41) is 1.11. The minimum Gasteiger partial charge on any atom is -0.497 e. The van der Waals surface area contributed by atoms with Gasteiger partial charge in [-0.3, -0.25) is 0 Å². The van der Waals surface area contributed by atoms with Crippen LogP contribution in [-0.2, 0) is 0 Å². The van der Waals surface area contributed by atoms with Crippen molar-refractivity contribution in [3.05, 3.63) is 90.0 Å². The third-order valence-electron chi connectivity index (χ3n) is 4.19. The van der Waals surface area contributed by atoms with Gasteiger partial charge in [-0.25, -0.2) is 0 Å². The molecular weight excluding hydrogens is 308 g/mol. The maximum Gasteiger partial charge on any atom is 0.135 e. The molecule has 0 saturated carbocycles. The summed E-state index contributed by atoms with van der Waals surface area (Å²) in [6.45, 7) is 0. The Labute approximate surface area is 147 Å². The predicted octanol–water partition coefficient (Wildman–Crippen LogP) is 6.28. The van der Waals surface area contributed by atoms with E-state index < -0.39 is 0 Å². The van der Waals surface area contributed by atoms with Crippen LogP contribution >= 0.6 is 0 Å². The van der Waals surface area contributed by atoms with Crippen LogP contribution in [0.15, 0.2) is 83.3 Å². The van der Waals surface area contributed by atoms with Crippen molar-refractivity contribution in [2.45, 2.75) is 0 Å². The summed E-state index contributed by atoms with van der Waals surface area (Å²) in [5.41, 5.74) is 4.23.